The van der Waals surface area contributed by atoms with Crippen molar-refractivity contribution in [2.45, 2.75) is 0 Å². The summed E-state index contributed by atoms with van der Waals surface area (Å²) < 4.78 is 1.77. The van der Waals surface area contributed by atoms with E-state index >= 15 is 0 Å². The van der Waals surface area contributed by atoms with E-state index in [1.165, 1.54) is 12.1 Å². The molecule has 0 bridgehead atoms. The molecule has 1 aliphatic rings. The van der Waals surface area contributed by atoms with Gasteiger partial charge in [-0.05, 0) is 24.3 Å². The molecule has 16 heavy (non-hydrogen) atoms. The van der Waals surface area contributed by atoms with Crippen LogP contribution < -0.4 is 14.6 Å². The van der Waals surface area contributed by atoms with Gasteiger partial charge in [0.15, 0.2) is 0 Å². The Morgan fingerprint density at radius 3 is 2.44 bits per heavy atom. The predicted molar refractivity (Wildman–Crippen MR) is 67.1 cm³/mol. The van der Waals surface area contributed by atoms with Crippen molar-refractivity contribution < 1.29 is 14.7 Å². The average Bonchev–Trinajstić information content (AvgIpc) is 2.31. The summed E-state index contributed by atoms with van der Waals surface area (Å²) in [5, 5.41) is 8.73. The zero-order valence-corrected chi connectivity index (χ0v) is 11.0. The largest absolute Gasteiger partial charge is 0.478 e. The van der Waals surface area contributed by atoms with E-state index in [0.29, 0.717) is 32.4 Å². The quantitative estimate of drug-likeness (QED) is 0.730. The number of nitrogens with zero attached hydrogens (tertiary/aromatic N) is 1. The van der Waals surface area contributed by atoms with Crippen molar-refractivity contribution in [1.82, 2.24) is 14.3 Å². The second-order valence-corrected chi connectivity index (χ2v) is 6.77. The van der Waals surface area contributed by atoms with Gasteiger partial charge in [0.2, 0.25) is 0 Å². The Morgan fingerprint density at radius 1 is 1.25 bits per heavy atom. The minimum absolute atomic E-state index is 0.258. The molecule has 0 amide bonds. The van der Waals surface area contributed by atoms with E-state index in [1.54, 1.807) is 16.7 Å². The third-order valence-corrected chi connectivity index (χ3v) is 4.89. The molecular formula is C7H10N3O3P3. The highest BCUT2D eigenvalue weighted by Gasteiger charge is 2.11. The Kier molecular flexibility index (Phi) is 4.42. The van der Waals surface area contributed by atoms with Gasteiger partial charge >= 0.3 is 5.97 Å². The Labute approximate surface area is 97.8 Å². The van der Waals surface area contributed by atoms with Gasteiger partial charge in [-0.25, -0.2) is 4.79 Å². The third-order valence-electron chi connectivity index (χ3n) is 1.74. The van der Waals surface area contributed by atoms with Crippen molar-refractivity contribution in [2.24, 2.45) is 0 Å². The number of aromatic carboxylic acids is 1. The van der Waals surface area contributed by atoms with Gasteiger partial charge in [0.05, 0.1) is 23.3 Å². The lowest BCUT2D eigenvalue weighted by Crippen LogP contribution is -2.19. The van der Waals surface area contributed by atoms with Crippen molar-refractivity contribution in [2.75, 3.05) is 0 Å². The molecule has 2 rings (SSSR count). The molecule has 6 nitrogen and oxygen atoms in total. The summed E-state index contributed by atoms with van der Waals surface area (Å²) in [6.07, 6.45) is 0. The minimum atomic E-state index is -0.933. The van der Waals surface area contributed by atoms with Crippen LogP contribution in [0.4, 0.5) is 0 Å². The lowest BCUT2D eigenvalue weighted by molar-refractivity contribution is 0.0696. The maximum atomic E-state index is 10.6. The fraction of sp³-hybridized carbons (Fsp3) is 0. The molecule has 2 atom stereocenters. The van der Waals surface area contributed by atoms with Gasteiger partial charge in [0, 0.05) is 8.88 Å². The zero-order chi connectivity index (χ0) is 11.4. The van der Waals surface area contributed by atoms with Crippen molar-refractivity contribution >= 4 is 32.6 Å². The fourth-order valence-corrected chi connectivity index (χ4v) is 4.63. The molecule has 1 heterocycles. The van der Waals surface area contributed by atoms with Crippen molar-refractivity contribution in [3.05, 3.63) is 29.8 Å². The molecule has 1 saturated heterocycles. The van der Waals surface area contributed by atoms with Crippen LogP contribution in [0.3, 0.4) is 0 Å². The summed E-state index contributed by atoms with van der Waals surface area (Å²) in [7, 11) is 1.40. The van der Waals surface area contributed by atoms with Crippen molar-refractivity contribution in [3.63, 3.8) is 0 Å². The minimum Gasteiger partial charge on any atom is -0.478 e. The molecule has 9 heteroatoms. The molecule has 1 aliphatic heterocycles. The first kappa shape index (κ1) is 12.1. The molecule has 1 fully saturated rings. The fourth-order valence-electron chi connectivity index (χ4n) is 1.03. The van der Waals surface area contributed by atoms with Gasteiger partial charge < -0.3 is 9.94 Å². The Hall–Kier alpha value is -0.340. The number of carboxylic acid groups (broad SMARTS) is 1. The number of nitrogens with one attached hydrogen (secondary N) is 2. The molecule has 0 aromatic heterocycles. The van der Waals surface area contributed by atoms with Gasteiger partial charge in [-0.3, -0.25) is 9.72 Å². The number of rotatable bonds is 3. The first-order valence-corrected chi connectivity index (χ1v) is 7.23. The number of carboxylic acids is 1. The van der Waals surface area contributed by atoms with Crippen molar-refractivity contribution in [1.29, 1.82) is 0 Å². The van der Waals surface area contributed by atoms with E-state index in [9.17, 15) is 4.79 Å². The van der Waals surface area contributed by atoms with Crippen LogP contribution >= 0.6 is 26.6 Å². The van der Waals surface area contributed by atoms with E-state index in [1.807, 2.05) is 0 Å². The number of benzene rings is 1. The summed E-state index contributed by atoms with van der Waals surface area (Å²) in [5.41, 5.74) is 0.258. The highest BCUT2D eigenvalue weighted by molar-refractivity contribution is 7.65. The predicted octanol–water partition coefficient (Wildman–Crippen LogP) is 1.70. The van der Waals surface area contributed by atoms with Crippen LogP contribution in [0.25, 0.3) is 0 Å². The standard InChI is InChI=1S/C7H10N3O3P3/c11-7(12)5-1-3-6(4-2-5)13-10-15-8-14-9-16-10/h1-4,8-9,14-16H,(H,11,12). The second-order valence-electron chi connectivity index (χ2n) is 2.81. The summed E-state index contributed by atoms with van der Waals surface area (Å²) in [5.74, 6) is -0.295. The first-order chi connectivity index (χ1) is 7.75. The highest BCUT2D eigenvalue weighted by atomic mass is 31.2. The van der Waals surface area contributed by atoms with E-state index in [4.69, 9.17) is 9.94 Å². The molecule has 2 unspecified atom stereocenters. The molecule has 0 saturated carbocycles. The number of carbonyl (C=O) groups is 1. The zero-order valence-electron chi connectivity index (χ0n) is 8.02. The maximum absolute atomic E-state index is 10.6. The Bertz CT molecular complexity index is 369. The van der Waals surface area contributed by atoms with E-state index in [0.717, 1.165) is 0 Å². The molecule has 86 valence electrons. The van der Waals surface area contributed by atoms with Crippen molar-refractivity contribution in [3.8, 4) is 5.75 Å². The lowest BCUT2D eigenvalue weighted by Gasteiger charge is -2.26. The average molecular weight is 277 g/mol. The van der Waals surface area contributed by atoms with E-state index < -0.39 is 5.97 Å². The Morgan fingerprint density at radius 2 is 1.88 bits per heavy atom. The maximum Gasteiger partial charge on any atom is 0.335 e. The smallest absolute Gasteiger partial charge is 0.335 e. The topological polar surface area (TPSA) is 73.8 Å². The van der Waals surface area contributed by atoms with Crippen LogP contribution in [-0.2, 0) is 0 Å². The Balaban J connectivity index is 1.96. The molecule has 3 N–H and O–H groups in total. The van der Waals surface area contributed by atoms with Gasteiger partial charge in [0.1, 0.15) is 5.75 Å². The molecule has 1 aromatic rings. The molecule has 0 spiro atoms. The van der Waals surface area contributed by atoms with E-state index in [2.05, 4.69) is 9.72 Å². The molecule has 1 aromatic carbocycles. The summed E-state index contributed by atoms with van der Waals surface area (Å²) in [4.78, 5) is 22.5. The van der Waals surface area contributed by atoms with Gasteiger partial charge in [-0.15, -0.1) is 0 Å². The molecule has 0 aliphatic carbocycles. The monoisotopic (exact) mass is 277 g/mol. The SMILES string of the molecule is O=C(O)c1ccc(ON2PNPNP2)cc1. The third kappa shape index (κ3) is 3.33. The summed E-state index contributed by atoms with van der Waals surface area (Å²) >= 11 is 0. The van der Waals surface area contributed by atoms with E-state index in [-0.39, 0.29) is 5.56 Å². The summed E-state index contributed by atoms with van der Waals surface area (Å²) in [6.45, 7) is 0. The van der Waals surface area contributed by atoms with Crippen LogP contribution in [0.2, 0.25) is 0 Å². The van der Waals surface area contributed by atoms with Crippen LogP contribution in [0, 0.1) is 0 Å². The number of hydrogen-bond acceptors (Lipinski definition) is 5. The second kappa shape index (κ2) is 5.83. The normalized spacial score (nSPS) is 21.5. The van der Waals surface area contributed by atoms with Gasteiger partial charge in [-0.1, -0.05) is 4.60 Å². The highest BCUT2D eigenvalue weighted by Crippen LogP contribution is 2.37. The molecular weight excluding hydrogens is 267 g/mol. The van der Waals surface area contributed by atoms with Crippen LogP contribution in [0.15, 0.2) is 24.3 Å². The summed E-state index contributed by atoms with van der Waals surface area (Å²) in [6, 6.07) is 6.34. The van der Waals surface area contributed by atoms with Crippen LogP contribution in [0.1, 0.15) is 10.4 Å². The first-order valence-electron chi connectivity index (χ1n) is 4.33. The van der Waals surface area contributed by atoms with Gasteiger partial charge in [0.25, 0.3) is 0 Å². The van der Waals surface area contributed by atoms with Crippen LogP contribution in [0.5, 0.6) is 5.75 Å². The molecule has 0 radical (unpaired) electrons. The van der Waals surface area contributed by atoms with Crippen LogP contribution in [-0.4, -0.2) is 15.7 Å². The van der Waals surface area contributed by atoms with Gasteiger partial charge in [-0.2, -0.15) is 0 Å². The number of hydrogen-bond donors (Lipinski definition) is 3. The lowest BCUT2D eigenvalue weighted by atomic mass is 10.2.